The average Bonchev–Trinajstić information content (AvgIpc) is 2.88. The van der Waals surface area contributed by atoms with Crippen molar-refractivity contribution >= 4 is 11.8 Å². The second kappa shape index (κ2) is 12.7. The van der Waals surface area contributed by atoms with Crippen molar-refractivity contribution in [1.82, 2.24) is 10.2 Å². The van der Waals surface area contributed by atoms with Crippen LogP contribution in [0, 0.1) is 6.92 Å². The fourth-order valence-electron chi connectivity index (χ4n) is 3.94. The molecule has 184 valence electrons. The third kappa shape index (κ3) is 7.71. The quantitative estimate of drug-likeness (QED) is 0.422. The van der Waals surface area contributed by atoms with Crippen LogP contribution in [0.2, 0.25) is 0 Å². The van der Waals surface area contributed by atoms with Crippen LogP contribution in [0.15, 0.2) is 78.9 Å². The van der Waals surface area contributed by atoms with E-state index < -0.39 is 6.04 Å². The molecule has 0 bridgehead atoms. The molecular formula is C30H36N2O3. The number of methoxy groups -OCH3 is 1. The maximum absolute atomic E-state index is 13.8. The molecule has 0 aromatic heterocycles. The molecule has 0 heterocycles. The average molecular weight is 473 g/mol. The first kappa shape index (κ1) is 26.0. The van der Waals surface area contributed by atoms with Crippen LogP contribution in [0.1, 0.15) is 42.5 Å². The number of nitrogens with zero attached hydrogens (tertiary/aromatic N) is 1. The van der Waals surface area contributed by atoms with Crippen LogP contribution in [-0.2, 0) is 29.0 Å². The Morgan fingerprint density at radius 2 is 1.60 bits per heavy atom. The minimum Gasteiger partial charge on any atom is -0.497 e. The van der Waals surface area contributed by atoms with Gasteiger partial charge in [-0.25, -0.2) is 0 Å². The summed E-state index contributed by atoms with van der Waals surface area (Å²) in [6, 6.07) is 24.9. The number of carbonyl (C=O) groups is 2. The van der Waals surface area contributed by atoms with Crippen molar-refractivity contribution in [3.8, 4) is 5.75 Å². The van der Waals surface area contributed by atoms with Crippen LogP contribution in [-0.4, -0.2) is 35.9 Å². The van der Waals surface area contributed by atoms with Gasteiger partial charge >= 0.3 is 0 Å². The molecule has 2 atom stereocenters. The van der Waals surface area contributed by atoms with E-state index in [1.54, 1.807) is 12.0 Å². The molecule has 0 radical (unpaired) electrons. The smallest absolute Gasteiger partial charge is 0.243 e. The van der Waals surface area contributed by atoms with Gasteiger partial charge in [0.1, 0.15) is 11.8 Å². The molecule has 0 spiro atoms. The number of carbonyl (C=O) groups excluding carboxylic acids is 2. The first-order chi connectivity index (χ1) is 16.9. The lowest BCUT2D eigenvalue weighted by molar-refractivity contribution is -0.141. The lowest BCUT2D eigenvalue weighted by Gasteiger charge is -2.32. The van der Waals surface area contributed by atoms with Gasteiger partial charge in [0.2, 0.25) is 11.8 Å². The highest BCUT2D eigenvalue weighted by Gasteiger charge is 2.31. The van der Waals surface area contributed by atoms with E-state index in [1.165, 1.54) is 0 Å². The zero-order valence-corrected chi connectivity index (χ0v) is 21.2. The van der Waals surface area contributed by atoms with E-state index in [4.69, 9.17) is 4.74 Å². The molecular weight excluding hydrogens is 436 g/mol. The van der Waals surface area contributed by atoms with E-state index in [0.717, 1.165) is 34.4 Å². The van der Waals surface area contributed by atoms with Crippen LogP contribution in [0.25, 0.3) is 0 Å². The van der Waals surface area contributed by atoms with Crippen molar-refractivity contribution in [3.05, 3.63) is 101 Å². The molecule has 5 heteroatoms. The SMILES string of the molecule is CCC(C)NC(=O)C(Cc1ccccc1)N(Cc1cccc(OC)c1)C(=O)Cc1ccc(C)cc1. The van der Waals surface area contributed by atoms with E-state index in [2.05, 4.69) is 5.32 Å². The molecule has 3 aromatic rings. The Kier molecular flexibility index (Phi) is 9.47. The summed E-state index contributed by atoms with van der Waals surface area (Å²) in [5, 5.41) is 3.11. The molecule has 0 saturated carbocycles. The Morgan fingerprint density at radius 1 is 0.914 bits per heavy atom. The predicted octanol–water partition coefficient (Wildman–Crippen LogP) is 5.10. The van der Waals surface area contributed by atoms with E-state index >= 15 is 0 Å². The van der Waals surface area contributed by atoms with Gasteiger partial charge in [0, 0.05) is 19.0 Å². The number of ether oxygens (including phenoxy) is 1. The van der Waals surface area contributed by atoms with Crippen LogP contribution in [0.4, 0.5) is 0 Å². The standard InChI is InChI=1S/C30H36N2O3/c1-5-23(3)31-30(34)28(19-24-10-7-6-8-11-24)32(21-26-12-9-13-27(18-26)35-4)29(33)20-25-16-14-22(2)15-17-25/h6-18,23,28H,5,19-21H2,1-4H3,(H,31,34). The molecule has 2 amide bonds. The van der Waals surface area contributed by atoms with Gasteiger partial charge in [-0.2, -0.15) is 0 Å². The summed E-state index contributed by atoms with van der Waals surface area (Å²) in [6.07, 6.45) is 1.48. The number of aryl methyl sites for hydroxylation is 1. The van der Waals surface area contributed by atoms with Crippen LogP contribution < -0.4 is 10.1 Å². The number of hydrogen-bond acceptors (Lipinski definition) is 3. The highest BCUT2D eigenvalue weighted by Crippen LogP contribution is 2.20. The highest BCUT2D eigenvalue weighted by molar-refractivity contribution is 5.89. The lowest BCUT2D eigenvalue weighted by Crippen LogP contribution is -2.52. The molecule has 35 heavy (non-hydrogen) atoms. The van der Waals surface area contributed by atoms with Crippen molar-refractivity contribution < 1.29 is 14.3 Å². The molecule has 0 aliphatic heterocycles. The normalized spacial score (nSPS) is 12.5. The van der Waals surface area contributed by atoms with Gasteiger partial charge in [-0.05, 0) is 49.1 Å². The lowest BCUT2D eigenvalue weighted by atomic mass is 10.0. The Morgan fingerprint density at radius 3 is 2.26 bits per heavy atom. The molecule has 3 aromatic carbocycles. The summed E-state index contributed by atoms with van der Waals surface area (Å²) in [4.78, 5) is 29.0. The fourth-order valence-corrected chi connectivity index (χ4v) is 3.94. The molecule has 1 N–H and O–H groups in total. The second-order valence-electron chi connectivity index (χ2n) is 9.06. The van der Waals surface area contributed by atoms with Crippen molar-refractivity contribution in [1.29, 1.82) is 0 Å². The molecule has 3 rings (SSSR count). The molecule has 0 aliphatic carbocycles. The minimum absolute atomic E-state index is 0.0200. The largest absolute Gasteiger partial charge is 0.497 e. The first-order valence-electron chi connectivity index (χ1n) is 12.2. The van der Waals surface area contributed by atoms with Gasteiger partial charge in [-0.1, -0.05) is 79.2 Å². The number of rotatable bonds is 11. The number of amides is 2. The predicted molar refractivity (Wildman–Crippen MR) is 140 cm³/mol. The van der Waals surface area contributed by atoms with Crippen LogP contribution in [0.5, 0.6) is 5.75 Å². The zero-order chi connectivity index (χ0) is 25.2. The van der Waals surface area contributed by atoms with E-state index in [9.17, 15) is 9.59 Å². The Bertz CT molecular complexity index is 1100. The third-order valence-corrected chi connectivity index (χ3v) is 6.24. The monoisotopic (exact) mass is 472 g/mol. The summed E-state index contributed by atoms with van der Waals surface area (Å²) in [7, 11) is 1.62. The van der Waals surface area contributed by atoms with Crippen molar-refractivity contribution in [2.45, 2.75) is 58.7 Å². The van der Waals surface area contributed by atoms with Gasteiger partial charge in [0.05, 0.1) is 13.5 Å². The number of hydrogen-bond donors (Lipinski definition) is 1. The van der Waals surface area contributed by atoms with Gasteiger partial charge in [0.15, 0.2) is 0 Å². The van der Waals surface area contributed by atoms with Crippen LogP contribution in [0.3, 0.4) is 0 Å². The molecule has 0 saturated heterocycles. The Labute approximate surface area is 209 Å². The van der Waals surface area contributed by atoms with Crippen molar-refractivity contribution in [2.75, 3.05) is 7.11 Å². The van der Waals surface area contributed by atoms with Gasteiger partial charge < -0.3 is 15.0 Å². The molecule has 2 unspecified atom stereocenters. The van der Waals surface area contributed by atoms with E-state index in [0.29, 0.717) is 13.0 Å². The molecule has 5 nitrogen and oxygen atoms in total. The second-order valence-corrected chi connectivity index (χ2v) is 9.06. The highest BCUT2D eigenvalue weighted by atomic mass is 16.5. The minimum atomic E-state index is -0.643. The van der Waals surface area contributed by atoms with E-state index in [-0.39, 0.29) is 24.3 Å². The number of nitrogens with one attached hydrogen (secondary N) is 1. The molecule has 0 aliphatic rings. The zero-order valence-electron chi connectivity index (χ0n) is 21.2. The summed E-state index contributed by atoms with van der Waals surface area (Å²) < 4.78 is 5.39. The maximum Gasteiger partial charge on any atom is 0.243 e. The summed E-state index contributed by atoms with van der Waals surface area (Å²) in [5.74, 6) is 0.498. The summed E-state index contributed by atoms with van der Waals surface area (Å²) in [5.41, 5.74) is 3.99. The Hall–Kier alpha value is -3.60. The molecule has 0 fully saturated rings. The Balaban J connectivity index is 1.97. The first-order valence-corrected chi connectivity index (χ1v) is 12.2. The van der Waals surface area contributed by atoms with Gasteiger partial charge in [-0.15, -0.1) is 0 Å². The fraction of sp³-hybridized carbons (Fsp3) is 0.333. The van der Waals surface area contributed by atoms with Crippen molar-refractivity contribution in [2.24, 2.45) is 0 Å². The van der Waals surface area contributed by atoms with Gasteiger partial charge in [0.25, 0.3) is 0 Å². The third-order valence-electron chi connectivity index (χ3n) is 6.24. The topological polar surface area (TPSA) is 58.6 Å². The maximum atomic E-state index is 13.8. The summed E-state index contributed by atoms with van der Waals surface area (Å²) >= 11 is 0. The van der Waals surface area contributed by atoms with Crippen LogP contribution >= 0.6 is 0 Å². The number of benzene rings is 3. The summed E-state index contributed by atoms with van der Waals surface area (Å²) in [6.45, 7) is 6.36. The van der Waals surface area contributed by atoms with Crippen molar-refractivity contribution in [3.63, 3.8) is 0 Å². The van der Waals surface area contributed by atoms with Gasteiger partial charge in [-0.3, -0.25) is 9.59 Å². The van der Waals surface area contributed by atoms with E-state index in [1.807, 2.05) is 99.6 Å².